The van der Waals surface area contributed by atoms with E-state index in [0.29, 0.717) is 46.6 Å². The number of aryl methyl sites for hydroxylation is 1. The number of nitrogens with one attached hydrogen (secondary N) is 1. The number of aromatic nitrogens is 2. The molecule has 1 aliphatic rings. The summed E-state index contributed by atoms with van der Waals surface area (Å²) in [5, 5.41) is 13.9. The van der Waals surface area contributed by atoms with Gasteiger partial charge < -0.3 is 20.1 Å². The summed E-state index contributed by atoms with van der Waals surface area (Å²) in [7, 11) is 1.57. The Morgan fingerprint density at radius 2 is 2.07 bits per heavy atom. The molecule has 0 saturated carbocycles. The molecular formula is C20H26Cl2N4O3. The van der Waals surface area contributed by atoms with Gasteiger partial charge in [-0.25, -0.2) is 4.98 Å². The molecule has 1 unspecified atom stereocenters. The van der Waals surface area contributed by atoms with Gasteiger partial charge in [0.05, 0.1) is 28.4 Å². The fourth-order valence-corrected chi connectivity index (χ4v) is 3.95. The van der Waals surface area contributed by atoms with Crippen LogP contribution in [-0.2, 0) is 4.74 Å². The first-order valence-corrected chi connectivity index (χ1v) is 10.4. The second kappa shape index (κ2) is 9.91. The molecule has 2 heterocycles. The molecule has 158 valence electrons. The van der Waals surface area contributed by atoms with Crippen LogP contribution in [0.5, 0.6) is 0 Å². The largest absolute Gasteiger partial charge is 0.389 e. The Hall–Kier alpha value is -1.64. The predicted octanol–water partition coefficient (Wildman–Crippen LogP) is 2.41. The Balaban J connectivity index is 1.69. The van der Waals surface area contributed by atoms with Crippen LogP contribution >= 0.6 is 23.2 Å². The van der Waals surface area contributed by atoms with E-state index in [1.807, 2.05) is 0 Å². The first kappa shape index (κ1) is 22.1. The van der Waals surface area contributed by atoms with Crippen molar-refractivity contribution in [3.8, 4) is 5.69 Å². The molecule has 1 fully saturated rings. The molecule has 0 radical (unpaired) electrons. The van der Waals surface area contributed by atoms with Gasteiger partial charge in [-0.1, -0.05) is 29.3 Å². The van der Waals surface area contributed by atoms with Crippen molar-refractivity contribution in [1.82, 2.24) is 14.9 Å². The van der Waals surface area contributed by atoms with E-state index in [4.69, 9.17) is 27.9 Å². The van der Waals surface area contributed by atoms with Gasteiger partial charge in [-0.15, -0.1) is 0 Å². The molecule has 2 aromatic rings. The molecule has 0 bridgehead atoms. The van der Waals surface area contributed by atoms with E-state index >= 15 is 0 Å². The number of rotatable bonds is 7. The van der Waals surface area contributed by atoms with Crippen LogP contribution in [0, 0.1) is 6.92 Å². The van der Waals surface area contributed by atoms with Crippen LogP contribution in [0.4, 0.5) is 5.82 Å². The summed E-state index contributed by atoms with van der Waals surface area (Å²) in [6.45, 7) is 4.18. The molecule has 2 N–H and O–H groups in total. The minimum absolute atomic E-state index is 0.195. The van der Waals surface area contributed by atoms with Crippen molar-refractivity contribution in [1.29, 1.82) is 0 Å². The number of aliphatic hydroxyl groups excluding tert-OH is 1. The Labute approximate surface area is 180 Å². The number of piperidine rings is 1. The molecular weight excluding hydrogens is 415 g/mol. The minimum atomic E-state index is -0.506. The van der Waals surface area contributed by atoms with Gasteiger partial charge >= 0.3 is 0 Å². The van der Waals surface area contributed by atoms with Gasteiger partial charge in [-0.2, -0.15) is 0 Å². The van der Waals surface area contributed by atoms with E-state index in [1.54, 1.807) is 38.3 Å². The van der Waals surface area contributed by atoms with Gasteiger partial charge in [0, 0.05) is 38.9 Å². The topological polar surface area (TPSA) is 79.6 Å². The highest BCUT2D eigenvalue weighted by Gasteiger charge is 2.22. The van der Waals surface area contributed by atoms with Gasteiger partial charge in [-0.05, 0) is 31.9 Å². The SMILES string of the molecule is COCC(O)CNC1CCN(c2cc(=O)n(-c3cccc(Cl)c3Cl)c(C)n2)CC1. The van der Waals surface area contributed by atoms with Crippen LogP contribution in [-0.4, -0.2) is 60.2 Å². The molecule has 0 amide bonds. The maximum atomic E-state index is 12.8. The van der Waals surface area contributed by atoms with Crippen LogP contribution < -0.4 is 15.8 Å². The zero-order valence-corrected chi connectivity index (χ0v) is 18.1. The van der Waals surface area contributed by atoms with Gasteiger partial charge in [0.2, 0.25) is 0 Å². The number of hydrogen-bond acceptors (Lipinski definition) is 6. The summed E-state index contributed by atoms with van der Waals surface area (Å²) in [4.78, 5) is 19.6. The van der Waals surface area contributed by atoms with E-state index in [0.717, 1.165) is 25.9 Å². The fourth-order valence-electron chi connectivity index (χ4n) is 3.57. The molecule has 1 atom stereocenters. The zero-order chi connectivity index (χ0) is 21.0. The molecule has 1 aliphatic heterocycles. The maximum Gasteiger partial charge on any atom is 0.260 e. The molecule has 3 rings (SSSR count). The van der Waals surface area contributed by atoms with E-state index in [2.05, 4.69) is 15.2 Å². The molecule has 1 aromatic heterocycles. The van der Waals surface area contributed by atoms with Crippen LogP contribution in [0.3, 0.4) is 0 Å². The zero-order valence-electron chi connectivity index (χ0n) is 16.6. The number of benzene rings is 1. The van der Waals surface area contributed by atoms with Gasteiger partial charge in [0.1, 0.15) is 11.6 Å². The quantitative estimate of drug-likeness (QED) is 0.687. The van der Waals surface area contributed by atoms with E-state index in [-0.39, 0.29) is 5.56 Å². The first-order valence-electron chi connectivity index (χ1n) is 9.61. The van der Waals surface area contributed by atoms with Crippen molar-refractivity contribution in [2.75, 3.05) is 38.3 Å². The summed E-state index contributed by atoms with van der Waals surface area (Å²) in [5.41, 5.74) is 0.331. The third kappa shape index (κ3) is 5.29. The molecule has 29 heavy (non-hydrogen) atoms. The second-order valence-corrected chi connectivity index (χ2v) is 7.97. The average Bonchev–Trinajstić information content (AvgIpc) is 2.69. The van der Waals surface area contributed by atoms with Crippen molar-refractivity contribution >= 4 is 29.0 Å². The summed E-state index contributed by atoms with van der Waals surface area (Å²) < 4.78 is 6.42. The summed E-state index contributed by atoms with van der Waals surface area (Å²) in [6.07, 6.45) is 1.31. The summed E-state index contributed by atoms with van der Waals surface area (Å²) >= 11 is 12.4. The number of hydrogen-bond donors (Lipinski definition) is 2. The van der Waals surface area contributed by atoms with Crippen LogP contribution in [0.15, 0.2) is 29.1 Å². The lowest BCUT2D eigenvalue weighted by atomic mass is 10.0. The van der Waals surface area contributed by atoms with Crippen molar-refractivity contribution in [3.63, 3.8) is 0 Å². The second-order valence-electron chi connectivity index (χ2n) is 7.19. The highest BCUT2D eigenvalue weighted by molar-refractivity contribution is 6.43. The lowest BCUT2D eigenvalue weighted by molar-refractivity contribution is 0.0621. The Morgan fingerprint density at radius 3 is 2.72 bits per heavy atom. The number of nitrogens with zero attached hydrogens (tertiary/aromatic N) is 3. The van der Waals surface area contributed by atoms with E-state index < -0.39 is 6.10 Å². The lowest BCUT2D eigenvalue weighted by Crippen LogP contribution is -2.45. The molecule has 0 aliphatic carbocycles. The van der Waals surface area contributed by atoms with Crippen molar-refractivity contribution < 1.29 is 9.84 Å². The van der Waals surface area contributed by atoms with Crippen LogP contribution in [0.1, 0.15) is 18.7 Å². The lowest BCUT2D eigenvalue weighted by Gasteiger charge is -2.33. The molecule has 1 aromatic carbocycles. The summed E-state index contributed by atoms with van der Waals surface area (Å²) in [6, 6.07) is 7.05. The van der Waals surface area contributed by atoms with E-state index in [9.17, 15) is 9.90 Å². The van der Waals surface area contributed by atoms with Gasteiger partial charge in [0.15, 0.2) is 0 Å². The normalized spacial score (nSPS) is 16.2. The van der Waals surface area contributed by atoms with Crippen molar-refractivity contribution in [2.45, 2.75) is 31.9 Å². The molecule has 1 saturated heterocycles. The average molecular weight is 441 g/mol. The minimum Gasteiger partial charge on any atom is -0.389 e. The number of ether oxygens (including phenoxy) is 1. The number of halogens is 2. The molecule has 9 heteroatoms. The first-order chi connectivity index (χ1) is 13.9. The highest BCUT2D eigenvalue weighted by atomic mass is 35.5. The fraction of sp³-hybridized carbons (Fsp3) is 0.500. The Bertz CT molecular complexity index is 898. The van der Waals surface area contributed by atoms with Gasteiger partial charge in [-0.3, -0.25) is 9.36 Å². The van der Waals surface area contributed by atoms with Gasteiger partial charge in [0.25, 0.3) is 5.56 Å². The Kier molecular flexibility index (Phi) is 7.54. The number of aliphatic hydroxyl groups is 1. The molecule has 7 nitrogen and oxygen atoms in total. The van der Waals surface area contributed by atoms with Crippen molar-refractivity contribution in [2.24, 2.45) is 0 Å². The maximum absolute atomic E-state index is 12.8. The Morgan fingerprint density at radius 1 is 1.34 bits per heavy atom. The summed E-state index contributed by atoms with van der Waals surface area (Å²) in [5.74, 6) is 1.22. The smallest absolute Gasteiger partial charge is 0.260 e. The molecule has 0 spiro atoms. The van der Waals surface area contributed by atoms with Crippen molar-refractivity contribution in [3.05, 3.63) is 50.5 Å². The third-order valence-corrected chi connectivity index (χ3v) is 5.87. The third-order valence-electron chi connectivity index (χ3n) is 5.07. The van der Waals surface area contributed by atoms with E-state index in [1.165, 1.54) is 4.57 Å². The van der Waals surface area contributed by atoms with Crippen LogP contribution in [0.2, 0.25) is 10.0 Å². The number of anilines is 1. The van der Waals surface area contributed by atoms with Crippen LogP contribution in [0.25, 0.3) is 5.69 Å². The predicted molar refractivity (Wildman–Crippen MR) is 116 cm³/mol. The standard InChI is InChI=1S/C20H26Cl2N4O3/c1-13-24-18(10-19(28)26(13)17-5-3-4-16(21)20(17)22)25-8-6-14(7-9-25)23-11-15(27)12-29-2/h3-5,10,14-15,23,27H,6-9,11-12H2,1-2H3. The monoisotopic (exact) mass is 440 g/mol. The highest BCUT2D eigenvalue weighted by Crippen LogP contribution is 2.28. The number of methoxy groups -OCH3 is 1.